The highest BCUT2D eigenvalue weighted by Gasteiger charge is 2.13. The van der Waals surface area contributed by atoms with Crippen molar-refractivity contribution >= 4 is 6.09 Å². The molecule has 86 valence electrons. The van der Waals surface area contributed by atoms with Crippen LogP contribution in [0.4, 0.5) is 4.79 Å². The second-order valence-corrected chi connectivity index (χ2v) is 3.64. The summed E-state index contributed by atoms with van der Waals surface area (Å²) in [6.45, 7) is 0.476. The number of rotatable bonds is 2. The van der Waals surface area contributed by atoms with Crippen molar-refractivity contribution in [2.24, 2.45) is 0 Å². The fraction of sp³-hybridized carbons (Fsp3) is 0.364. The highest BCUT2D eigenvalue weighted by atomic mass is 16.7. The molecule has 0 bridgehead atoms. The van der Waals surface area contributed by atoms with Crippen LogP contribution in [0.3, 0.4) is 0 Å². The van der Waals surface area contributed by atoms with Crippen molar-refractivity contribution in [3.63, 3.8) is 0 Å². The Labute approximate surface area is 93.5 Å². The van der Waals surface area contributed by atoms with Crippen LogP contribution in [0.15, 0.2) is 18.2 Å². The van der Waals surface area contributed by atoms with E-state index in [1.165, 1.54) is 4.90 Å². The van der Waals surface area contributed by atoms with Crippen LogP contribution in [-0.4, -0.2) is 31.9 Å². The number of carbonyl (C=O) groups is 1. The summed E-state index contributed by atoms with van der Waals surface area (Å²) in [6.07, 6.45) is -0.363. The molecule has 1 aromatic rings. The standard InChI is InChI=1S/C11H13NO4/c1-12(2)11(13)14-6-8-3-4-9-10(5-8)16-7-15-9/h3-5H,6-7H2,1-2H3. The van der Waals surface area contributed by atoms with Gasteiger partial charge in [0.25, 0.3) is 0 Å². The third kappa shape index (κ3) is 2.18. The highest BCUT2D eigenvalue weighted by molar-refractivity contribution is 5.66. The lowest BCUT2D eigenvalue weighted by molar-refractivity contribution is 0.112. The van der Waals surface area contributed by atoms with Gasteiger partial charge in [0.2, 0.25) is 6.79 Å². The van der Waals surface area contributed by atoms with Gasteiger partial charge in [-0.3, -0.25) is 0 Å². The van der Waals surface area contributed by atoms with Gasteiger partial charge in [-0.1, -0.05) is 6.07 Å². The summed E-state index contributed by atoms with van der Waals surface area (Å²) in [5.74, 6) is 1.42. The molecule has 1 aliphatic heterocycles. The SMILES string of the molecule is CN(C)C(=O)OCc1ccc2c(c1)OCO2. The van der Waals surface area contributed by atoms with Gasteiger partial charge in [-0.05, 0) is 17.7 Å². The first-order valence-corrected chi connectivity index (χ1v) is 4.89. The molecule has 5 nitrogen and oxygen atoms in total. The van der Waals surface area contributed by atoms with Crippen LogP contribution in [0.25, 0.3) is 0 Å². The van der Waals surface area contributed by atoms with E-state index in [9.17, 15) is 4.79 Å². The van der Waals surface area contributed by atoms with Crippen molar-refractivity contribution in [3.8, 4) is 11.5 Å². The smallest absolute Gasteiger partial charge is 0.409 e. The Balaban J connectivity index is 1.98. The molecular weight excluding hydrogens is 210 g/mol. The Bertz CT molecular complexity index is 403. The molecule has 0 unspecified atom stereocenters. The maximum absolute atomic E-state index is 11.2. The number of amides is 1. The summed E-state index contributed by atoms with van der Waals surface area (Å²) in [6, 6.07) is 5.46. The Morgan fingerprint density at radius 3 is 2.88 bits per heavy atom. The Morgan fingerprint density at radius 2 is 2.12 bits per heavy atom. The second-order valence-electron chi connectivity index (χ2n) is 3.64. The molecule has 0 spiro atoms. The van der Waals surface area contributed by atoms with Crippen molar-refractivity contribution in [1.82, 2.24) is 4.90 Å². The van der Waals surface area contributed by atoms with Crippen molar-refractivity contribution in [1.29, 1.82) is 0 Å². The van der Waals surface area contributed by atoms with Gasteiger partial charge in [-0.25, -0.2) is 4.79 Å². The second kappa shape index (κ2) is 4.30. The van der Waals surface area contributed by atoms with Crippen molar-refractivity contribution in [3.05, 3.63) is 23.8 Å². The zero-order valence-corrected chi connectivity index (χ0v) is 9.23. The van der Waals surface area contributed by atoms with Crippen LogP contribution < -0.4 is 9.47 Å². The number of ether oxygens (including phenoxy) is 3. The molecule has 0 saturated heterocycles. The van der Waals surface area contributed by atoms with Gasteiger partial charge in [-0.15, -0.1) is 0 Å². The number of hydrogen-bond donors (Lipinski definition) is 0. The molecule has 1 aliphatic rings. The third-order valence-corrected chi connectivity index (χ3v) is 2.16. The Kier molecular flexibility index (Phi) is 2.85. The molecule has 0 radical (unpaired) electrons. The van der Waals surface area contributed by atoms with E-state index in [0.29, 0.717) is 5.75 Å². The Hall–Kier alpha value is -1.91. The van der Waals surface area contributed by atoms with E-state index in [1.807, 2.05) is 12.1 Å². The van der Waals surface area contributed by atoms with Crippen LogP contribution in [0.1, 0.15) is 5.56 Å². The van der Waals surface area contributed by atoms with Gasteiger partial charge in [0.05, 0.1) is 0 Å². The molecule has 1 heterocycles. The first kappa shape index (κ1) is 10.6. The van der Waals surface area contributed by atoms with Gasteiger partial charge in [0.1, 0.15) is 6.61 Å². The minimum Gasteiger partial charge on any atom is -0.454 e. The summed E-state index contributed by atoms with van der Waals surface area (Å²) < 4.78 is 15.4. The summed E-state index contributed by atoms with van der Waals surface area (Å²) in [7, 11) is 3.28. The van der Waals surface area contributed by atoms with Crippen LogP contribution in [-0.2, 0) is 11.3 Å². The van der Waals surface area contributed by atoms with Crippen LogP contribution in [0.5, 0.6) is 11.5 Å². The average molecular weight is 223 g/mol. The molecule has 0 atom stereocenters. The average Bonchev–Trinajstić information content (AvgIpc) is 2.72. The van der Waals surface area contributed by atoms with Gasteiger partial charge in [-0.2, -0.15) is 0 Å². The van der Waals surface area contributed by atoms with Crippen LogP contribution in [0.2, 0.25) is 0 Å². The zero-order valence-electron chi connectivity index (χ0n) is 9.23. The predicted octanol–water partition coefficient (Wildman–Crippen LogP) is 1.61. The Morgan fingerprint density at radius 1 is 1.38 bits per heavy atom. The number of fused-ring (bicyclic) bond motifs is 1. The largest absolute Gasteiger partial charge is 0.454 e. The molecule has 1 aromatic carbocycles. The molecule has 5 heteroatoms. The maximum atomic E-state index is 11.2. The van der Waals surface area contributed by atoms with E-state index < -0.39 is 0 Å². The van der Waals surface area contributed by atoms with Crippen molar-refractivity contribution in [2.45, 2.75) is 6.61 Å². The monoisotopic (exact) mass is 223 g/mol. The number of carbonyl (C=O) groups excluding carboxylic acids is 1. The number of hydrogen-bond acceptors (Lipinski definition) is 4. The third-order valence-electron chi connectivity index (χ3n) is 2.16. The lowest BCUT2D eigenvalue weighted by Gasteiger charge is -2.11. The summed E-state index contributed by atoms with van der Waals surface area (Å²) in [5, 5.41) is 0. The molecular formula is C11H13NO4. The maximum Gasteiger partial charge on any atom is 0.409 e. The van der Waals surface area contributed by atoms with Gasteiger partial charge in [0, 0.05) is 14.1 Å². The van der Waals surface area contributed by atoms with E-state index in [2.05, 4.69) is 0 Å². The zero-order chi connectivity index (χ0) is 11.5. The number of nitrogens with zero attached hydrogens (tertiary/aromatic N) is 1. The van der Waals surface area contributed by atoms with Gasteiger partial charge >= 0.3 is 6.09 Å². The van der Waals surface area contributed by atoms with E-state index in [1.54, 1.807) is 20.2 Å². The topological polar surface area (TPSA) is 48.0 Å². The predicted molar refractivity (Wildman–Crippen MR) is 56.4 cm³/mol. The molecule has 0 aromatic heterocycles. The van der Waals surface area contributed by atoms with E-state index in [-0.39, 0.29) is 19.5 Å². The van der Waals surface area contributed by atoms with E-state index in [0.717, 1.165) is 11.3 Å². The summed E-state index contributed by atoms with van der Waals surface area (Å²) >= 11 is 0. The molecule has 1 amide bonds. The minimum atomic E-state index is -0.363. The lowest BCUT2D eigenvalue weighted by atomic mass is 10.2. The fourth-order valence-corrected chi connectivity index (χ4v) is 1.30. The van der Waals surface area contributed by atoms with E-state index >= 15 is 0 Å². The van der Waals surface area contributed by atoms with Gasteiger partial charge in [0.15, 0.2) is 11.5 Å². The molecule has 0 saturated carbocycles. The minimum absolute atomic E-state index is 0.230. The first-order chi connectivity index (χ1) is 7.66. The molecule has 16 heavy (non-hydrogen) atoms. The summed E-state index contributed by atoms with van der Waals surface area (Å²) in [4.78, 5) is 12.6. The van der Waals surface area contributed by atoms with Crippen LogP contribution in [0, 0.1) is 0 Å². The normalized spacial score (nSPS) is 12.4. The molecule has 2 rings (SSSR count). The molecule has 0 N–H and O–H groups in total. The quantitative estimate of drug-likeness (QED) is 0.764. The number of benzene rings is 1. The molecule has 0 fully saturated rings. The van der Waals surface area contributed by atoms with Crippen molar-refractivity contribution < 1.29 is 19.0 Å². The van der Waals surface area contributed by atoms with E-state index in [4.69, 9.17) is 14.2 Å². The highest BCUT2D eigenvalue weighted by Crippen LogP contribution is 2.32. The van der Waals surface area contributed by atoms with Crippen molar-refractivity contribution in [2.75, 3.05) is 20.9 Å². The summed E-state index contributed by atoms with van der Waals surface area (Å²) in [5.41, 5.74) is 0.874. The lowest BCUT2D eigenvalue weighted by Crippen LogP contribution is -2.22. The first-order valence-electron chi connectivity index (χ1n) is 4.89. The van der Waals surface area contributed by atoms with Gasteiger partial charge < -0.3 is 19.1 Å². The van der Waals surface area contributed by atoms with Crippen LogP contribution >= 0.6 is 0 Å². The fourth-order valence-electron chi connectivity index (χ4n) is 1.30. The molecule has 0 aliphatic carbocycles.